The average molecular weight is 382 g/mol. The molecule has 2 aliphatic rings. The molecule has 5 rings (SSSR count). The maximum absolute atomic E-state index is 10.6. The van der Waals surface area contributed by atoms with E-state index in [0.717, 1.165) is 40.6 Å². The van der Waals surface area contributed by atoms with Crippen LogP contribution in [0.2, 0.25) is 0 Å². The third kappa shape index (κ3) is 3.03. The Morgan fingerprint density at radius 3 is 2.88 bits per heavy atom. The van der Waals surface area contributed by atoms with Crippen molar-refractivity contribution in [3.8, 4) is 11.3 Å². The minimum atomic E-state index is -0.646. The zero-order valence-electron chi connectivity index (χ0n) is 14.2. The Balaban J connectivity index is 1.40. The van der Waals surface area contributed by atoms with Crippen molar-refractivity contribution in [2.45, 2.75) is 28.2 Å². The topological polar surface area (TPSA) is 57.2 Å². The summed E-state index contributed by atoms with van der Waals surface area (Å²) in [5, 5.41) is 20.4. The van der Waals surface area contributed by atoms with Gasteiger partial charge in [0, 0.05) is 33.7 Å². The average Bonchev–Trinajstić information content (AvgIpc) is 3.29. The Hall–Kier alpha value is -1.86. The molecule has 0 spiro atoms. The van der Waals surface area contributed by atoms with Crippen LogP contribution >= 0.6 is 23.1 Å². The SMILES string of the molecule is O[C@]1(Cc2nc(-c3ccc4c(c3)Nc3ccccc3S4)cs2)CCNC1. The highest BCUT2D eigenvalue weighted by Gasteiger charge is 2.32. The molecule has 0 aliphatic carbocycles. The second-order valence-corrected chi connectivity index (χ2v) is 8.91. The number of para-hydroxylation sites is 1. The lowest BCUT2D eigenvalue weighted by atomic mass is 10.00. The van der Waals surface area contributed by atoms with Crippen LogP contribution in [0.5, 0.6) is 0 Å². The fourth-order valence-corrected chi connectivity index (χ4v) is 5.39. The van der Waals surface area contributed by atoms with Gasteiger partial charge in [-0.1, -0.05) is 30.0 Å². The molecule has 1 aromatic heterocycles. The van der Waals surface area contributed by atoms with Gasteiger partial charge in [0.05, 0.1) is 27.7 Å². The quantitative estimate of drug-likeness (QED) is 0.494. The third-order valence-electron chi connectivity index (χ3n) is 4.90. The van der Waals surface area contributed by atoms with Crippen molar-refractivity contribution in [1.82, 2.24) is 10.3 Å². The maximum Gasteiger partial charge on any atom is 0.0961 e. The van der Waals surface area contributed by atoms with Gasteiger partial charge in [-0.05, 0) is 37.2 Å². The standard InChI is InChI=1S/C20H19N3OS2/c24-20(7-8-21-12-20)10-19-23-16(11-25-19)13-5-6-18-15(9-13)22-14-3-1-2-4-17(14)26-18/h1-6,9,11,21-22,24H,7-8,10,12H2/t20-/m0/s1. The van der Waals surface area contributed by atoms with Crippen molar-refractivity contribution >= 4 is 34.5 Å². The lowest BCUT2D eigenvalue weighted by Gasteiger charge is -2.21. The Labute approximate surface area is 160 Å². The third-order valence-corrected chi connectivity index (χ3v) is 6.91. The Morgan fingerprint density at radius 1 is 1.12 bits per heavy atom. The van der Waals surface area contributed by atoms with E-state index in [9.17, 15) is 5.11 Å². The van der Waals surface area contributed by atoms with Gasteiger partial charge in [0.25, 0.3) is 0 Å². The number of β-amino-alcohol motifs (C(OH)–C–C–N with tert-alkyl or cyclic N) is 1. The Bertz CT molecular complexity index is 963. The summed E-state index contributed by atoms with van der Waals surface area (Å²) in [6.07, 6.45) is 1.42. The molecule has 0 unspecified atom stereocenters. The number of benzene rings is 2. The van der Waals surface area contributed by atoms with Crippen molar-refractivity contribution in [2.24, 2.45) is 0 Å². The van der Waals surface area contributed by atoms with Gasteiger partial charge >= 0.3 is 0 Å². The van der Waals surface area contributed by atoms with Crippen LogP contribution in [-0.2, 0) is 6.42 Å². The largest absolute Gasteiger partial charge is 0.388 e. The first-order valence-electron chi connectivity index (χ1n) is 8.74. The van der Waals surface area contributed by atoms with E-state index in [4.69, 9.17) is 4.98 Å². The number of aliphatic hydroxyl groups is 1. The first-order chi connectivity index (χ1) is 12.7. The molecule has 1 fully saturated rings. The van der Waals surface area contributed by atoms with Gasteiger partial charge in [0.1, 0.15) is 0 Å². The molecule has 0 saturated carbocycles. The van der Waals surface area contributed by atoms with Crippen LogP contribution < -0.4 is 10.6 Å². The van der Waals surface area contributed by atoms with Crippen LogP contribution in [0.4, 0.5) is 11.4 Å². The number of hydrogen-bond acceptors (Lipinski definition) is 6. The fourth-order valence-electron chi connectivity index (χ4n) is 3.49. The Kier molecular flexibility index (Phi) is 4.01. The predicted octanol–water partition coefficient (Wildman–Crippen LogP) is 4.29. The number of fused-ring (bicyclic) bond motifs is 2. The highest BCUT2D eigenvalue weighted by molar-refractivity contribution is 7.99. The van der Waals surface area contributed by atoms with Gasteiger partial charge in [0.15, 0.2) is 0 Å². The first-order valence-corrected chi connectivity index (χ1v) is 10.4. The second-order valence-electron chi connectivity index (χ2n) is 6.89. The first kappa shape index (κ1) is 16.3. The zero-order chi connectivity index (χ0) is 17.6. The molecule has 0 amide bonds. The lowest BCUT2D eigenvalue weighted by Crippen LogP contribution is -2.33. The van der Waals surface area contributed by atoms with Gasteiger partial charge in [-0.15, -0.1) is 11.3 Å². The highest BCUT2D eigenvalue weighted by Crippen LogP contribution is 2.45. The number of aromatic nitrogens is 1. The number of thiazole rings is 1. The van der Waals surface area contributed by atoms with E-state index in [1.165, 1.54) is 9.79 Å². The second kappa shape index (κ2) is 6.39. The van der Waals surface area contributed by atoms with Gasteiger partial charge in [-0.25, -0.2) is 4.98 Å². The molecule has 3 N–H and O–H groups in total. The summed E-state index contributed by atoms with van der Waals surface area (Å²) < 4.78 is 0. The van der Waals surface area contributed by atoms with Crippen LogP contribution in [-0.4, -0.2) is 28.8 Å². The monoisotopic (exact) mass is 381 g/mol. The van der Waals surface area contributed by atoms with E-state index in [-0.39, 0.29) is 0 Å². The number of anilines is 2. The summed E-state index contributed by atoms with van der Waals surface area (Å²) in [4.78, 5) is 7.26. The normalized spacial score (nSPS) is 21.1. The smallest absolute Gasteiger partial charge is 0.0961 e. The number of nitrogens with zero attached hydrogens (tertiary/aromatic N) is 1. The molecular weight excluding hydrogens is 362 g/mol. The van der Waals surface area contributed by atoms with Crippen molar-refractivity contribution in [3.05, 3.63) is 52.9 Å². The van der Waals surface area contributed by atoms with Crippen LogP contribution in [0.15, 0.2) is 57.6 Å². The minimum absolute atomic E-state index is 0.622. The maximum atomic E-state index is 10.6. The van der Waals surface area contributed by atoms with Gasteiger partial charge in [-0.2, -0.15) is 0 Å². The number of rotatable bonds is 3. The number of nitrogens with one attached hydrogen (secondary N) is 2. The van der Waals surface area contributed by atoms with Crippen molar-refractivity contribution in [3.63, 3.8) is 0 Å². The molecule has 2 aromatic carbocycles. The van der Waals surface area contributed by atoms with Gasteiger partial charge in [0.2, 0.25) is 0 Å². The summed E-state index contributed by atoms with van der Waals surface area (Å²) in [7, 11) is 0. The molecule has 132 valence electrons. The lowest BCUT2D eigenvalue weighted by molar-refractivity contribution is 0.0618. The van der Waals surface area contributed by atoms with E-state index in [1.807, 2.05) is 0 Å². The van der Waals surface area contributed by atoms with Gasteiger partial charge < -0.3 is 15.7 Å². The molecule has 0 bridgehead atoms. The molecule has 2 aliphatic heterocycles. The molecule has 3 heterocycles. The molecular formula is C20H19N3OS2. The minimum Gasteiger partial charge on any atom is -0.388 e. The number of hydrogen-bond donors (Lipinski definition) is 3. The fraction of sp³-hybridized carbons (Fsp3) is 0.250. The van der Waals surface area contributed by atoms with E-state index in [0.29, 0.717) is 13.0 Å². The van der Waals surface area contributed by atoms with Crippen LogP contribution in [0.25, 0.3) is 11.3 Å². The summed E-state index contributed by atoms with van der Waals surface area (Å²) >= 11 is 3.42. The van der Waals surface area contributed by atoms with Crippen LogP contribution in [0.3, 0.4) is 0 Å². The zero-order valence-corrected chi connectivity index (χ0v) is 15.8. The molecule has 1 atom stereocenters. The molecule has 6 heteroatoms. The van der Waals surface area contributed by atoms with E-state index in [1.54, 1.807) is 23.1 Å². The van der Waals surface area contributed by atoms with Crippen molar-refractivity contribution < 1.29 is 5.11 Å². The summed E-state index contributed by atoms with van der Waals surface area (Å²) in [5.41, 5.74) is 3.71. The van der Waals surface area contributed by atoms with Crippen LogP contribution in [0.1, 0.15) is 11.4 Å². The molecule has 3 aromatic rings. The molecule has 0 radical (unpaired) electrons. The highest BCUT2D eigenvalue weighted by atomic mass is 32.2. The van der Waals surface area contributed by atoms with Crippen molar-refractivity contribution in [2.75, 3.05) is 18.4 Å². The van der Waals surface area contributed by atoms with E-state index < -0.39 is 5.60 Å². The van der Waals surface area contributed by atoms with Crippen molar-refractivity contribution in [1.29, 1.82) is 0 Å². The predicted molar refractivity (Wildman–Crippen MR) is 108 cm³/mol. The van der Waals surface area contributed by atoms with Crippen LogP contribution in [0, 0.1) is 0 Å². The molecule has 4 nitrogen and oxygen atoms in total. The molecule has 1 saturated heterocycles. The molecule has 26 heavy (non-hydrogen) atoms. The van der Waals surface area contributed by atoms with E-state index >= 15 is 0 Å². The van der Waals surface area contributed by atoms with E-state index in [2.05, 4.69) is 58.5 Å². The summed E-state index contributed by atoms with van der Waals surface area (Å²) in [5.74, 6) is 0. The van der Waals surface area contributed by atoms with Gasteiger partial charge in [-0.3, -0.25) is 0 Å². The Morgan fingerprint density at radius 2 is 2.00 bits per heavy atom. The summed E-state index contributed by atoms with van der Waals surface area (Å²) in [6.45, 7) is 1.53. The summed E-state index contributed by atoms with van der Waals surface area (Å²) in [6, 6.07) is 14.8.